The van der Waals surface area contributed by atoms with Crippen LogP contribution in [0.25, 0.3) is 0 Å². The Morgan fingerprint density at radius 1 is 0.913 bits per heavy atom. The molecule has 0 bridgehead atoms. The Kier molecular flexibility index (Phi) is 4.84. The van der Waals surface area contributed by atoms with Gasteiger partial charge in [-0.1, -0.05) is 31.2 Å². The van der Waals surface area contributed by atoms with E-state index in [0.717, 1.165) is 24.4 Å². The minimum absolute atomic E-state index is 0.495. The van der Waals surface area contributed by atoms with Gasteiger partial charge in [-0.3, -0.25) is 4.98 Å². The summed E-state index contributed by atoms with van der Waals surface area (Å²) in [6.07, 6.45) is 5.88. The monoisotopic (exact) mass is 305 g/mol. The van der Waals surface area contributed by atoms with Crippen molar-refractivity contribution >= 4 is 5.69 Å². The summed E-state index contributed by atoms with van der Waals surface area (Å²) in [5, 5.41) is 3.42. The predicted molar refractivity (Wildman–Crippen MR) is 91.7 cm³/mol. The van der Waals surface area contributed by atoms with E-state index in [1.54, 1.807) is 18.6 Å². The quantitative estimate of drug-likeness (QED) is 0.731. The number of nitrogens with one attached hydrogen (secondary N) is 1. The number of benzene rings is 2. The van der Waals surface area contributed by atoms with E-state index in [1.165, 1.54) is 11.1 Å². The normalized spacial score (nSPS) is 10.3. The van der Waals surface area contributed by atoms with E-state index < -0.39 is 0 Å². The van der Waals surface area contributed by atoms with Gasteiger partial charge in [0.05, 0.1) is 6.20 Å². The molecule has 116 valence electrons. The minimum Gasteiger partial charge on any atom is -0.438 e. The summed E-state index contributed by atoms with van der Waals surface area (Å²) in [5.74, 6) is 1.25. The maximum Gasteiger partial charge on any atom is 0.237 e. The van der Waals surface area contributed by atoms with Gasteiger partial charge in [0, 0.05) is 24.6 Å². The fourth-order valence-corrected chi connectivity index (χ4v) is 2.20. The molecule has 1 heterocycles. The van der Waals surface area contributed by atoms with E-state index in [-0.39, 0.29) is 0 Å². The lowest BCUT2D eigenvalue weighted by Gasteiger charge is -2.08. The third kappa shape index (κ3) is 4.30. The number of anilines is 1. The van der Waals surface area contributed by atoms with Crippen molar-refractivity contribution in [2.24, 2.45) is 0 Å². The average Bonchev–Trinajstić information content (AvgIpc) is 2.62. The number of ether oxygens (including phenoxy) is 1. The zero-order chi connectivity index (χ0) is 15.9. The predicted octanol–water partition coefficient (Wildman–Crippen LogP) is 4.44. The van der Waals surface area contributed by atoms with Crippen LogP contribution in [0.4, 0.5) is 5.69 Å². The molecule has 1 aromatic heterocycles. The first kappa shape index (κ1) is 15.0. The van der Waals surface area contributed by atoms with Crippen LogP contribution in [0.3, 0.4) is 0 Å². The number of aromatic nitrogens is 2. The van der Waals surface area contributed by atoms with Gasteiger partial charge in [0.25, 0.3) is 0 Å². The molecule has 1 N–H and O–H groups in total. The number of nitrogens with zero attached hydrogens (tertiary/aromatic N) is 2. The summed E-state index contributed by atoms with van der Waals surface area (Å²) in [6, 6.07) is 16.5. The molecule has 0 unspecified atom stereocenters. The Morgan fingerprint density at radius 3 is 2.30 bits per heavy atom. The standard InChI is InChI=1S/C19H19N3O/c1-2-15-3-7-17(8-4-15)22-13-16-5-9-18(10-6-16)23-19-14-20-11-12-21-19/h3-12,14,22H,2,13H2,1H3. The van der Waals surface area contributed by atoms with Gasteiger partial charge in [-0.25, -0.2) is 4.98 Å². The maximum absolute atomic E-state index is 5.63. The second kappa shape index (κ2) is 7.40. The van der Waals surface area contributed by atoms with E-state index in [2.05, 4.69) is 46.5 Å². The van der Waals surface area contributed by atoms with E-state index in [4.69, 9.17) is 4.74 Å². The van der Waals surface area contributed by atoms with Crippen molar-refractivity contribution in [1.82, 2.24) is 9.97 Å². The first-order valence-corrected chi connectivity index (χ1v) is 7.69. The lowest BCUT2D eigenvalue weighted by Crippen LogP contribution is -1.99. The number of aryl methyl sites for hydroxylation is 1. The van der Waals surface area contributed by atoms with Crippen molar-refractivity contribution < 1.29 is 4.74 Å². The van der Waals surface area contributed by atoms with Gasteiger partial charge < -0.3 is 10.1 Å². The van der Waals surface area contributed by atoms with Gasteiger partial charge in [-0.2, -0.15) is 0 Å². The molecule has 2 aromatic carbocycles. The molecule has 0 radical (unpaired) electrons. The molecule has 0 spiro atoms. The van der Waals surface area contributed by atoms with Crippen LogP contribution in [0.2, 0.25) is 0 Å². The molecule has 0 aliphatic rings. The van der Waals surface area contributed by atoms with E-state index >= 15 is 0 Å². The average molecular weight is 305 g/mol. The molecule has 0 atom stereocenters. The molecule has 0 aliphatic carbocycles. The topological polar surface area (TPSA) is 47.0 Å². The summed E-state index contributed by atoms with van der Waals surface area (Å²) < 4.78 is 5.63. The highest BCUT2D eigenvalue weighted by Crippen LogP contribution is 2.19. The Hall–Kier alpha value is -2.88. The first-order chi connectivity index (χ1) is 11.3. The summed E-state index contributed by atoms with van der Waals surface area (Å²) in [5.41, 5.74) is 3.67. The molecule has 0 saturated heterocycles. The molecule has 0 saturated carbocycles. The van der Waals surface area contributed by atoms with E-state index in [9.17, 15) is 0 Å². The zero-order valence-electron chi connectivity index (χ0n) is 13.1. The lowest BCUT2D eigenvalue weighted by molar-refractivity contribution is 0.460. The van der Waals surface area contributed by atoms with Crippen molar-refractivity contribution in [2.75, 3.05) is 5.32 Å². The van der Waals surface area contributed by atoms with Gasteiger partial charge in [-0.15, -0.1) is 0 Å². The largest absolute Gasteiger partial charge is 0.438 e. The maximum atomic E-state index is 5.63. The molecular formula is C19H19N3O. The first-order valence-electron chi connectivity index (χ1n) is 7.69. The fraction of sp³-hybridized carbons (Fsp3) is 0.158. The molecule has 0 amide bonds. The smallest absolute Gasteiger partial charge is 0.237 e. The Balaban J connectivity index is 1.56. The summed E-state index contributed by atoms with van der Waals surface area (Å²) in [7, 11) is 0. The molecular weight excluding hydrogens is 286 g/mol. The van der Waals surface area contributed by atoms with Crippen LogP contribution in [0.5, 0.6) is 11.6 Å². The summed E-state index contributed by atoms with van der Waals surface area (Å²) >= 11 is 0. The molecule has 3 aromatic rings. The Labute approximate surface area is 136 Å². The third-order valence-corrected chi connectivity index (χ3v) is 3.54. The fourth-order valence-electron chi connectivity index (χ4n) is 2.20. The van der Waals surface area contributed by atoms with Crippen LogP contribution in [0.1, 0.15) is 18.1 Å². The lowest BCUT2D eigenvalue weighted by atomic mass is 10.1. The number of hydrogen-bond donors (Lipinski definition) is 1. The second-order valence-electron chi connectivity index (χ2n) is 5.19. The van der Waals surface area contributed by atoms with Crippen LogP contribution >= 0.6 is 0 Å². The molecule has 3 rings (SSSR count). The van der Waals surface area contributed by atoms with Gasteiger partial charge in [0.15, 0.2) is 0 Å². The number of hydrogen-bond acceptors (Lipinski definition) is 4. The summed E-state index contributed by atoms with van der Waals surface area (Å²) in [6.45, 7) is 2.93. The van der Waals surface area contributed by atoms with Gasteiger partial charge >= 0.3 is 0 Å². The van der Waals surface area contributed by atoms with E-state index in [1.807, 2.05) is 24.3 Å². The van der Waals surface area contributed by atoms with Crippen LogP contribution in [-0.4, -0.2) is 9.97 Å². The highest BCUT2D eigenvalue weighted by Gasteiger charge is 1.99. The zero-order valence-corrected chi connectivity index (χ0v) is 13.1. The van der Waals surface area contributed by atoms with Gasteiger partial charge in [0.1, 0.15) is 5.75 Å². The molecule has 23 heavy (non-hydrogen) atoms. The summed E-state index contributed by atoms with van der Waals surface area (Å²) in [4.78, 5) is 8.07. The molecule has 0 aliphatic heterocycles. The van der Waals surface area contributed by atoms with Crippen molar-refractivity contribution in [1.29, 1.82) is 0 Å². The highest BCUT2D eigenvalue weighted by molar-refractivity contribution is 5.45. The molecule has 4 heteroatoms. The van der Waals surface area contributed by atoms with Crippen LogP contribution in [0, 0.1) is 0 Å². The third-order valence-electron chi connectivity index (χ3n) is 3.54. The Bertz CT molecular complexity index is 725. The Morgan fingerprint density at radius 2 is 1.65 bits per heavy atom. The van der Waals surface area contributed by atoms with Crippen LogP contribution < -0.4 is 10.1 Å². The van der Waals surface area contributed by atoms with Crippen molar-refractivity contribution in [3.05, 3.63) is 78.2 Å². The van der Waals surface area contributed by atoms with Gasteiger partial charge in [-0.05, 0) is 41.8 Å². The molecule has 4 nitrogen and oxygen atoms in total. The van der Waals surface area contributed by atoms with Crippen molar-refractivity contribution in [3.63, 3.8) is 0 Å². The molecule has 0 fully saturated rings. The SMILES string of the molecule is CCc1ccc(NCc2ccc(Oc3cnccn3)cc2)cc1. The van der Waals surface area contributed by atoms with Gasteiger partial charge in [0.2, 0.25) is 5.88 Å². The van der Waals surface area contributed by atoms with Crippen LogP contribution in [0.15, 0.2) is 67.1 Å². The number of rotatable bonds is 6. The van der Waals surface area contributed by atoms with Crippen LogP contribution in [-0.2, 0) is 13.0 Å². The highest BCUT2D eigenvalue weighted by atomic mass is 16.5. The van der Waals surface area contributed by atoms with E-state index in [0.29, 0.717) is 5.88 Å². The second-order valence-corrected chi connectivity index (χ2v) is 5.19. The van der Waals surface area contributed by atoms with Crippen molar-refractivity contribution in [3.8, 4) is 11.6 Å². The minimum atomic E-state index is 0.495. The van der Waals surface area contributed by atoms with Crippen molar-refractivity contribution in [2.45, 2.75) is 19.9 Å².